The molecule has 102 valence electrons. The van der Waals surface area contributed by atoms with Crippen LogP contribution in [-0.2, 0) is 6.18 Å². The summed E-state index contributed by atoms with van der Waals surface area (Å²) in [6.45, 7) is 1.93. The second-order valence-corrected chi connectivity index (χ2v) is 5.23. The van der Waals surface area contributed by atoms with E-state index >= 15 is 0 Å². The molecule has 0 aliphatic heterocycles. The summed E-state index contributed by atoms with van der Waals surface area (Å²) in [4.78, 5) is 4.10. The van der Waals surface area contributed by atoms with Crippen molar-refractivity contribution in [2.45, 2.75) is 18.3 Å². The number of nitrogens with zero attached hydrogens (tertiary/aromatic N) is 2. The molecule has 1 N–H and O–H groups in total. The molecule has 0 unspecified atom stereocenters. The van der Waals surface area contributed by atoms with Gasteiger partial charge in [-0.25, -0.2) is 4.98 Å². The minimum Gasteiger partial charge on any atom is -0.258 e. The highest BCUT2D eigenvalue weighted by molar-refractivity contribution is 7.99. The van der Waals surface area contributed by atoms with Crippen molar-refractivity contribution in [3.63, 3.8) is 0 Å². The molecular formula is C11H9ClF3N3S. The quantitative estimate of drug-likeness (QED) is 0.862. The fourth-order valence-corrected chi connectivity index (χ4v) is 2.17. The third kappa shape index (κ3) is 3.22. The Morgan fingerprint density at radius 3 is 2.74 bits per heavy atom. The molecule has 2 aromatic rings. The van der Waals surface area contributed by atoms with Gasteiger partial charge < -0.3 is 0 Å². The summed E-state index contributed by atoms with van der Waals surface area (Å²) in [6, 6.07) is 3.10. The SMILES string of the molecule is CCSc1n[nH]c(-c2cc(C(F)(F)F)ccc2Cl)n1. The van der Waals surface area contributed by atoms with E-state index in [9.17, 15) is 13.2 Å². The molecule has 0 aliphatic carbocycles. The molecule has 0 fully saturated rings. The number of thioether (sulfide) groups is 1. The van der Waals surface area contributed by atoms with Crippen molar-refractivity contribution in [3.05, 3.63) is 28.8 Å². The Labute approximate surface area is 116 Å². The van der Waals surface area contributed by atoms with Crippen molar-refractivity contribution >= 4 is 23.4 Å². The highest BCUT2D eigenvalue weighted by Gasteiger charge is 2.31. The molecule has 19 heavy (non-hydrogen) atoms. The summed E-state index contributed by atoms with van der Waals surface area (Å²) < 4.78 is 37.9. The lowest BCUT2D eigenvalue weighted by Crippen LogP contribution is -2.04. The fourth-order valence-electron chi connectivity index (χ4n) is 1.44. The number of aromatic amines is 1. The lowest BCUT2D eigenvalue weighted by Gasteiger charge is -2.08. The first-order valence-electron chi connectivity index (χ1n) is 5.34. The first kappa shape index (κ1) is 14.2. The third-order valence-electron chi connectivity index (χ3n) is 2.29. The number of rotatable bonds is 3. The van der Waals surface area contributed by atoms with E-state index in [1.165, 1.54) is 17.8 Å². The normalized spacial score (nSPS) is 11.8. The first-order valence-corrected chi connectivity index (χ1v) is 6.70. The van der Waals surface area contributed by atoms with Gasteiger partial charge in [-0.15, -0.1) is 5.10 Å². The maximum absolute atomic E-state index is 12.6. The number of halogens is 4. The van der Waals surface area contributed by atoms with Gasteiger partial charge in [0.2, 0.25) is 5.16 Å². The summed E-state index contributed by atoms with van der Waals surface area (Å²) in [6.07, 6.45) is -4.42. The van der Waals surface area contributed by atoms with Gasteiger partial charge in [-0.05, 0) is 24.0 Å². The second-order valence-electron chi connectivity index (χ2n) is 3.59. The standard InChI is InChI=1S/C11H9ClF3N3S/c1-2-19-10-16-9(17-18-10)7-5-6(11(13,14)15)3-4-8(7)12/h3-5H,2H2,1H3,(H,16,17,18). The average Bonchev–Trinajstić information content (AvgIpc) is 2.77. The predicted octanol–water partition coefficient (Wildman–Crippen LogP) is 4.26. The molecule has 0 saturated heterocycles. The zero-order chi connectivity index (χ0) is 14.0. The molecule has 0 atom stereocenters. The highest BCUT2D eigenvalue weighted by atomic mass is 35.5. The van der Waals surface area contributed by atoms with Crippen LogP contribution in [0.5, 0.6) is 0 Å². The molecule has 0 amide bonds. The van der Waals surface area contributed by atoms with E-state index in [1.807, 2.05) is 6.92 Å². The number of benzene rings is 1. The van der Waals surface area contributed by atoms with Crippen molar-refractivity contribution in [3.8, 4) is 11.4 Å². The van der Waals surface area contributed by atoms with Crippen LogP contribution in [-0.4, -0.2) is 20.9 Å². The molecule has 8 heteroatoms. The van der Waals surface area contributed by atoms with Crippen LogP contribution in [0.4, 0.5) is 13.2 Å². The maximum Gasteiger partial charge on any atom is 0.416 e. The van der Waals surface area contributed by atoms with Crippen LogP contribution < -0.4 is 0 Å². The minimum atomic E-state index is -4.42. The predicted molar refractivity (Wildman–Crippen MR) is 68.2 cm³/mol. The van der Waals surface area contributed by atoms with Gasteiger partial charge in [0.1, 0.15) is 0 Å². The molecule has 1 aromatic heterocycles. The molecule has 0 bridgehead atoms. The molecule has 0 saturated carbocycles. The van der Waals surface area contributed by atoms with Crippen LogP contribution in [0.1, 0.15) is 12.5 Å². The van der Waals surface area contributed by atoms with Gasteiger partial charge in [0, 0.05) is 5.56 Å². The first-order chi connectivity index (χ1) is 8.91. The van der Waals surface area contributed by atoms with Gasteiger partial charge in [0.15, 0.2) is 5.82 Å². The zero-order valence-corrected chi connectivity index (χ0v) is 11.3. The van der Waals surface area contributed by atoms with Crippen LogP contribution in [0.2, 0.25) is 5.02 Å². The second kappa shape index (κ2) is 5.42. The number of H-pyrrole nitrogens is 1. The van der Waals surface area contributed by atoms with E-state index in [0.29, 0.717) is 5.16 Å². The van der Waals surface area contributed by atoms with Crippen LogP contribution in [0.25, 0.3) is 11.4 Å². The summed E-state index contributed by atoms with van der Waals surface area (Å²) in [5.74, 6) is 1.00. The molecule has 0 spiro atoms. The van der Waals surface area contributed by atoms with Crippen LogP contribution in [0, 0.1) is 0 Å². The molecular weight excluding hydrogens is 299 g/mol. The van der Waals surface area contributed by atoms with Gasteiger partial charge in [-0.1, -0.05) is 30.3 Å². The lowest BCUT2D eigenvalue weighted by molar-refractivity contribution is -0.137. The van der Waals surface area contributed by atoms with Crippen molar-refractivity contribution in [2.24, 2.45) is 0 Å². The number of hydrogen-bond acceptors (Lipinski definition) is 3. The van der Waals surface area contributed by atoms with Gasteiger partial charge >= 0.3 is 6.18 Å². The van der Waals surface area contributed by atoms with Gasteiger partial charge in [-0.3, -0.25) is 5.10 Å². The Hall–Kier alpha value is -1.21. The van der Waals surface area contributed by atoms with Crippen molar-refractivity contribution in [1.82, 2.24) is 15.2 Å². The van der Waals surface area contributed by atoms with Crippen LogP contribution in [0.15, 0.2) is 23.4 Å². The molecule has 1 heterocycles. The van der Waals surface area contributed by atoms with Crippen LogP contribution in [0.3, 0.4) is 0 Å². The average molecular weight is 308 g/mol. The van der Waals surface area contributed by atoms with Crippen molar-refractivity contribution < 1.29 is 13.2 Å². The Morgan fingerprint density at radius 1 is 1.37 bits per heavy atom. The van der Waals surface area contributed by atoms with E-state index in [4.69, 9.17) is 11.6 Å². The maximum atomic E-state index is 12.6. The van der Waals surface area contributed by atoms with E-state index in [0.717, 1.165) is 17.9 Å². The zero-order valence-electron chi connectivity index (χ0n) is 9.75. The van der Waals surface area contributed by atoms with Gasteiger partial charge in [0.25, 0.3) is 0 Å². The summed E-state index contributed by atoms with van der Waals surface area (Å²) in [5, 5.41) is 7.16. The van der Waals surface area contributed by atoms with E-state index < -0.39 is 11.7 Å². The van der Waals surface area contributed by atoms with Crippen LogP contribution >= 0.6 is 23.4 Å². The summed E-state index contributed by atoms with van der Waals surface area (Å²) in [7, 11) is 0. The summed E-state index contributed by atoms with van der Waals surface area (Å²) in [5.41, 5.74) is -0.583. The fraction of sp³-hybridized carbons (Fsp3) is 0.273. The Bertz CT molecular complexity index is 583. The Balaban J connectivity index is 2.42. The summed E-state index contributed by atoms with van der Waals surface area (Å²) >= 11 is 7.29. The van der Waals surface area contributed by atoms with Gasteiger partial charge in [0.05, 0.1) is 10.6 Å². The molecule has 2 rings (SSSR count). The Morgan fingerprint density at radius 2 is 2.11 bits per heavy atom. The number of aromatic nitrogens is 3. The van der Waals surface area contributed by atoms with Crippen molar-refractivity contribution in [2.75, 3.05) is 5.75 Å². The van der Waals surface area contributed by atoms with E-state index in [2.05, 4.69) is 15.2 Å². The van der Waals surface area contributed by atoms with Crippen molar-refractivity contribution in [1.29, 1.82) is 0 Å². The minimum absolute atomic E-state index is 0.187. The van der Waals surface area contributed by atoms with E-state index in [-0.39, 0.29) is 16.4 Å². The molecule has 3 nitrogen and oxygen atoms in total. The number of hydrogen-bond donors (Lipinski definition) is 1. The monoisotopic (exact) mass is 307 g/mol. The Kier molecular flexibility index (Phi) is 4.05. The molecule has 0 radical (unpaired) electrons. The molecule has 1 aromatic carbocycles. The third-order valence-corrected chi connectivity index (χ3v) is 3.35. The number of alkyl halides is 3. The lowest BCUT2D eigenvalue weighted by atomic mass is 10.1. The van der Waals surface area contributed by atoms with Gasteiger partial charge in [-0.2, -0.15) is 13.2 Å². The highest BCUT2D eigenvalue weighted by Crippen LogP contribution is 2.35. The smallest absolute Gasteiger partial charge is 0.258 e. The number of nitrogens with one attached hydrogen (secondary N) is 1. The largest absolute Gasteiger partial charge is 0.416 e. The molecule has 0 aliphatic rings. The topological polar surface area (TPSA) is 41.6 Å². The van der Waals surface area contributed by atoms with E-state index in [1.54, 1.807) is 0 Å².